The van der Waals surface area contributed by atoms with Gasteiger partial charge in [-0.15, -0.1) is 5.10 Å². The van der Waals surface area contributed by atoms with Gasteiger partial charge in [0.05, 0.1) is 17.2 Å². The molecule has 2 aromatic rings. The maximum atomic E-state index is 12.1. The van der Waals surface area contributed by atoms with E-state index < -0.39 is 22.8 Å². The minimum Gasteiger partial charge on any atom is -0.476 e. The number of nitro groups is 1. The molecule has 0 aliphatic carbocycles. The summed E-state index contributed by atoms with van der Waals surface area (Å²) in [6.07, 6.45) is 1.68. The standard InChI is InChI=1S/C14H15N5O5/c1-2-11(9-4-3-5-10(6-9)19(23)24)15-13(20)8-18-7-12(14(21)22)16-17-18/h3-7,11H,2,8H2,1H3,(H,15,20)(H,21,22). The Morgan fingerprint density at radius 1 is 1.46 bits per heavy atom. The van der Waals surface area contributed by atoms with Crippen molar-refractivity contribution in [2.45, 2.75) is 25.9 Å². The van der Waals surface area contributed by atoms with Gasteiger partial charge in [0.2, 0.25) is 5.91 Å². The summed E-state index contributed by atoms with van der Waals surface area (Å²) in [4.78, 5) is 33.1. The van der Waals surface area contributed by atoms with Gasteiger partial charge in [0.1, 0.15) is 6.54 Å². The molecular formula is C14H15N5O5. The lowest BCUT2D eigenvalue weighted by molar-refractivity contribution is -0.384. The third-order valence-corrected chi connectivity index (χ3v) is 3.29. The van der Waals surface area contributed by atoms with E-state index in [-0.39, 0.29) is 17.9 Å². The molecule has 0 aliphatic rings. The van der Waals surface area contributed by atoms with Gasteiger partial charge in [-0.3, -0.25) is 14.9 Å². The Hall–Kier alpha value is -3.30. The number of rotatable bonds is 7. The van der Waals surface area contributed by atoms with Gasteiger partial charge >= 0.3 is 5.97 Å². The van der Waals surface area contributed by atoms with E-state index in [9.17, 15) is 19.7 Å². The first-order valence-electron chi connectivity index (χ1n) is 7.07. The molecule has 10 nitrogen and oxygen atoms in total. The maximum absolute atomic E-state index is 12.1. The van der Waals surface area contributed by atoms with Crippen molar-refractivity contribution in [2.75, 3.05) is 0 Å². The molecule has 2 rings (SSSR count). The van der Waals surface area contributed by atoms with Gasteiger partial charge in [-0.1, -0.05) is 24.3 Å². The van der Waals surface area contributed by atoms with Gasteiger partial charge < -0.3 is 10.4 Å². The van der Waals surface area contributed by atoms with Gasteiger partial charge in [0.15, 0.2) is 5.69 Å². The van der Waals surface area contributed by atoms with Gasteiger partial charge in [-0.2, -0.15) is 0 Å². The Balaban J connectivity index is 2.06. The van der Waals surface area contributed by atoms with Crippen LogP contribution in [0.1, 0.15) is 35.4 Å². The maximum Gasteiger partial charge on any atom is 0.358 e. The number of carbonyl (C=O) groups excluding carboxylic acids is 1. The van der Waals surface area contributed by atoms with Crippen LogP contribution in [0.25, 0.3) is 0 Å². The zero-order valence-electron chi connectivity index (χ0n) is 12.7. The number of nitrogens with one attached hydrogen (secondary N) is 1. The van der Waals surface area contributed by atoms with E-state index in [4.69, 9.17) is 5.11 Å². The number of nitro benzene ring substituents is 1. The Kier molecular flexibility index (Phi) is 5.20. The van der Waals surface area contributed by atoms with E-state index in [1.807, 2.05) is 6.92 Å². The highest BCUT2D eigenvalue weighted by Gasteiger charge is 2.17. The highest BCUT2D eigenvalue weighted by atomic mass is 16.6. The summed E-state index contributed by atoms with van der Waals surface area (Å²) in [5.41, 5.74) is 0.306. The fraction of sp³-hybridized carbons (Fsp3) is 0.286. The monoisotopic (exact) mass is 333 g/mol. The molecule has 0 saturated carbocycles. The molecule has 1 unspecified atom stereocenters. The molecule has 1 amide bonds. The molecule has 2 N–H and O–H groups in total. The number of amides is 1. The third-order valence-electron chi connectivity index (χ3n) is 3.29. The number of carbonyl (C=O) groups is 2. The van der Waals surface area contributed by atoms with E-state index in [1.54, 1.807) is 12.1 Å². The highest BCUT2D eigenvalue weighted by Crippen LogP contribution is 2.21. The summed E-state index contributed by atoms with van der Waals surface area (Å²) in [5.74, 6) is -1.64. The molecule has 0 aliphatic heterocycles. The Morgan fingerprint density at radius 3 is 2.79 bits per heavy atom. The smallest absolute Gasteiger partial charge is 0.358 e. The number of nitrogens with zero attached hydrogens (tertiary/aromatic N) is 4. The van der Waals surface area contributed by atoms with Crippen molar-refractivity contribution in [2.24, 2.45) is 0 Å². The second-order valence-electron chi connectivity index (χ2n) is 4.99. The minimum absolute atomic E-state index is 0.0532. The van der Waals surface area contributed by atoms with E-state index in [2.05, 4.69) is 15.6 Å². The van der Waals surface area contributed by atoms with Crippen LogP contribution in [0.4, 0.5) is 5.69 Å². The summed E-state index contributed by atoms with van der Waals surface area (Å²) < 4.78 is 1.11. The number of non-ortho nitro benzene ring substituents is 1. The number of aromatic carboxylic acids is 1. The molecule has 1 aromatic carbocycles. The third kappa shape index (κ3) is 4.12. The molecule has 24 heavy (non-hydrogen) atoms. The average molecular weight is 333 g/mol. The lowest BCUT2D eigenvalue weighted by Crippen LogP contribution is -2.31. The van der Waals surface area contributed by atoms with Crippen molar-refractivity contribution in [1.82, 2.24) is 20.3 Å². The number of benzene rings is 1. The second-order valence-corrected chi connectivity index (χ2v) is 4.99. The number of hydrogen-bond acceptors (Lipinski definition) is 6. The minimum atomic E-state index is -1.23. The van der Waals surface area contributed by atoms with Crippen molar-refractivity contribution in [3.05, 3.63) is 51.8 Å². The zero-order chi connectivity index (χ0) is 17.7. The molecular weight excluding hydrogens is 318 g/mol. The Morgan fingerprint density at radius 2 is 2.21 bits per heavy atom. The first-order valence-corrected chi connectivity index (χ1v) is 7.07. The normalized spacial score (nSPS) is 11.7. The molecule has 1 aromatic heterocycles. The molecule has 0 radical (unpaired) electrons. The number of aromatic nitrogens is 3. The average Bonchev–Trinajstić information content (AvgIpc) is 3.01. The van der Waals surface area contributed by atoms with Crippen molar-refractivity contribution in [1.29, 1.82) is 0 Å². The van der Waals surface area contributed by atoms with Crippen molar-refractivity contribution >= 4 is 17.6 Å². The molecule has 1 atom stereocenters. The predicted molar refractivity (Wildman–Crippen MR) is 81.3 cm³/mol. The Labute approximate surface area is 136 Å². The lowest BCUT2D eigenvalue weighted by atomic mass is 10.0. The van der Waals surface area contributed by atoms with Crippen LogP contribution in [-0.2, 0) is 11.3 Å². The van der Waals surface area contributed by atoms with Crippen LogP contribution in [0.2, 0.25) is 0 Å². The number of hydrogen-bond donors (Lipinski definition) is 2. The molecule has 126 valence electrons. The molecule has 0 fully saturated rings. The largest absolute Gasteiger partial charge is 0.476 e. The van der Waals surface area contributed by atoms with Gasteiger partial charge in [-0.25, -0.2) is 9.48 Å². The topological polar surface area (TPSA) is 140 Å². The van der Waals surface area contributed by atoms with Crippen LogP contribution < -0.4 is 5.32 Å². The first-order chi connectivity index (χ1) is 11.4. The summed E-state index contributed by atoms with van der Waals surface area (Å²) in [6.45, 7) is 1.63. The van der Waals surface area contributed by atoms with Crippen LogP contribution in [-0.4, -0.2) is 36.9 Å². The number of carboxylic acids is 1. The molecule has 0 spiro atoms. The first kappa shape index (κ1) is 17.1. The summed E-state index contributed by atoms with van der Waals surface area (Å²) in [5, 5.41) is 29.3. The molecule has 0 bridgehead atoms. The van der Waals surface area contributed by atoms with Crippen molar-refractivity contribution < 1.29 is 19.6 Å². The summed E-state index contributed by atoms with van der Waals surface area (Å²) >= 11 is 0. The molecule has 0 saturated heterocycles. The predicted octanol–water partition coefficient (Wildman–Crippen LogP) is 1.15. The van der Waals surface area contributed by atoms with E-state index in [0.29, 0.717) is 12.0 Å². The zero-order valence-corrected chi connectivity index (χ0v) is 12.7. The van der Waals surface area contributed by atoms with E-state index >= 15 is 0 Å². The SMILES string of the molecule is CCC(NC(=O)Cn1cc(C(=O)O)nn1)c1cccc([N+](=O)[O-])c1. The van der Waals surface area contributed by atoms with E-state index in [0.717, 1.165) is 10.9 Å². The fourth-order valence-corrected chi connectivity index (χ4v) is 2.14. The van der Waals surface area contributed by atoms with Gasteiger partial charge in [-0.05, 0) is 12.0 Å². The Bertz CT molecular complexity index is 772. The lowest BCUT2D eigenvalue weighted by Gasteiger charge is -2.17. The van der Waals surface area contributed by atoms with Crippen LogP contribution in [0, 0.1) is 10.1 Å². The quantitative estimate of drug-likeness (QED) is 0.572. The van der Waals surface area contributed by atoms with Gasteiger partial charge in [0.25, 0.3) is 5.69 Å². The summed E-state index contributed by atoms with van der Waals surface area (Å²) in [6, 6.07) is 5.63. The molecule has 1 heterocycles. The molecule has 10 heteroatoms. The summed E-state index contributed by atoms with van der Waals surface area (Å²) in [7, 11) is 0. The van der Waals surface area contributed by atoms with Crippen LogP contribution in [0.3, 0.4) is 0 Å². The highest BCUT2D eigenvalue weighted by molar-refractivity contribution is 5.84. The van der Waals surface area contributed by atoms with E-state index in [1.165, 1.54) is 12.1 Å². The number of carboxylic acid groups (broad SMARTS) is 1. The van der Waals surface area contributed by atoms with Crippen LogP contribution in [0.15, 0.2) is 30.5 Å². The van der Waals surface area contributed by atoms with Crippen LogP contribution >= 0.6 is 0 Å². The fourth-order valence-electron chi connectivity index (χ4n) is 2.14. The van der Waals surface area contributed by atoms with Gasteiger partial charge in [0, 0.05) is 12.1 Å². The second kappa shape index (κ2) is 7.31. The van der Waals surface area contributed by atoms with Crippen molar-refractivity contribution in [3.8, 4) is 0 Å². The van der Waals surface area contributed by atoms with Crippen LogP contribution in [0.5, 0.6) is 0 Å². The van der Waals surface area contributed by atoms with Crippen molar-refractivity contribution in [3.63, 3.8) is 0 Å².